The van der Waals surface area contributed by atoms with Crippen LogP contribution in [0.2, 0.25) is 0 Å². The number of carbonyl (C=O) groups excluding carboxylic acids is 1. The first-order valence-electron chi connectivity index (χ1n) is 8.37. The second-order valence-corrected chi connectivity index (χ2v) is 8.03. The SMILES string of the molecule is CC(C)(C)OC(=O)N1CCC[C@@H](COc2nsc3ccccc23)C1. The Morgan fingerprint density at radius 2 is 2.17 bits per heavy atom. The number of piperidine rings is 1. The normalized spacial score (nSPS) is 18.6. The standard InChI is InChI=1S/C18H24N2O3S/c1-18(2,3)23-17(21)20-10-6-7-13(11-20)12-22-16-14-8-4-5-9-15(14)24-19-16/h4-5,8-9,13H,6-7,10-12H2,1-3H3/t13-/m1/s1. The molecule has 5 nitrogen and oxygen atoms in total. The maximum Gasteiger partial charge on any atom is 0.410 e. The molecule has 2 heterocycles. The second-order valence-electron chi connectivity index (χ2n) is 7.23. The number of ether oxygens (including phenoxy) is 2. The van der Waals surface area contributed by atoms with Crippen molar-refractivity contribution < 1.29 is 14.3 Å². The highest BCUT2D eigenvalue weighted by molar-refractivity contribution is 7.13. The van der Waals surface area contributed by atoms with Crippen LogP contribution in [0.4, 0.5) is 4.79 Å². The number of hydrogen-bond acceptors (Lipinski definition) is 5. The predicted molar refractivity (Wildman–Crippen MR) is 95.6 cm³/mol. The Hall–Kier alpha value is -1.82. The molecule has 0 spiro atoms. The van der Waals surface area contributed by atoms with E-state index in [0.29, 0.717) is 24.9 Å². The van der Waals surface area contributed by atoms with Gasteiger partial charge in [-0.3, -0.25) is 0 Å². The number of rotatable bonds is 3. The summed E-state index contributed by atoms with van der Waals surface area (Å²) in [5.41, 5.74) is -0.458. The zero-order valence-corrected chi connectivity index (χ0v) is 15.3. The molecule has 130 valence electrons. The van der Waals surface area contributed by atoms with Gasteiger partial charge in [0.25, 0.3) is 0 Å². The second kappa shape index (κ2) is 6.97. The van der Waals surface area contributed by atoms with Crippen LogP contribution < -0.4 is 4.74 Å². The van der Waals surface area contributed by atoms with Crippen LogP contribution in [0.1, 0.15) is 33.6 Å². The fourth-order valence-corrected chi connectivity index (χ4v) is 3.58. The summed E-state index contributed by atoms with van der Waals surface area (Å²) in [5, 5.41) is 1.06. The van der Waals surface area contributed by atoms with Crippen LogP contribution in [0.3, 0.4) is 0 Å². The smallest absolute Gasteiger partial charge is 0.410 e. The number of likely N-dealkylation sites (tertiary alicyclic amines) is 1. The quantitative estimate of drug-likeness (QED) is 0.829. The maximum absolute atomic E-state index is 12.2. The van der Waals surface area contributed by atoms with Crippen LogP contribution in [0, 0.1) is 5.92 Å². The van der Waals surface area contributed by atoms with Crippen LogP contribution in [0.5, 0.6) is 5.88 Å². The summed E-state index contributed by atoms with van der Waals surface area (Å²) in [6.45, 7) is 7.68. The number of carbonyl (C=O) groups is 1. The van der Waals surface area contributed by atoms with Crippen LogP contribution in [0.15, 0.2) is 24.3 Å². The van der Waals surface area contributed by atoms with Gasteiger partial charge in [-0.1, -0.05) is 12.1 Å². The number of aromatic nitrogens is 1. The lowest BCUT2D eigenvalue weighted by Gasteiger charge is -2.33. The Labute approximate surface area is 146 Å². The van der Waals surface area contributed by atoms with Crippen LogP contribution >= 0.6 is 11.5 Å². The Kier molecular flexibility index (Phi) is 4.94. The number of hydrogen-bond donors (Lipinski definition) is 0. The molecule has 0 bridgehead atoms. The highest BCUT2D eigenvalue weighted by Gasteiger charge is 2.28. The monoisotopic (exact) mass is 348 g/mol. The third kappa shape index (κ3) is 4.17. The molecule has 0 N–H and O–H groups in total. The Bertz CT molecular complexity index is 708. The third-order valence-electron chi connectivity index (χ3n) is 3.97. The molecule has 1 aromatic carbocycles. The molecule has 3 rings (SSSR count). The molecule has 0 saturated carbocycles. The zero-order valence-electron chi connectivity index (χ0n) is 14.4. The minimum absolute atomic E-state index is 0.230. The Balaban J connectivity index is 1.57. The van der Waals surface area contributed by atoms with Crippen molar-refractivity contribution in [2.75, 3.05) is 19.7 Å². The lowest BCUT2D eigenvalue weighted by Crippen LogP contribution is -2.44. The first kappa shape index (κ1) is 17.0. The van der Waals surface area contributed by atoms with E-state index in [2.05, 4.69) is 4.37 Å². The number of benzene rings is 1. The van der Waals surface area contributed by atoms with Crippen molar-refractivity contribution in [2.24, 2.45) is 5.92 Å². The lowest BCUT2D eigenvalue weighted by molar-refractivity contribution is 0.0139. The van der Waals surface area contributed by atoms with E-state index in [1.54, 1.807) is 4.90 Å². The van der Waals surface area contributed by atoms with Gasteiger partial charge >= 0.3 is 6.09 Å². The fraction of sp³-hybridized carbons (Fsp3) is 0.556. The fourth-order valence-electron chi connectivity index (χ4n) is 2.86. The van der Waals surface area contributed by atoms with E-state index in [9.17, 15) is 4.79 Å². The maximum atomic E-state index is 12.2. The predicted octanol–water partition coefficient (Wildman–Crippen LogP) is 4.32. The molecule has 0 unspecified atom stereocenters. The largest absolute Gasteiger partial charge is 0.476 e. The molecule has 1 amide bonds. The molecule has 0 radical (unpaired) electrons. The molecule has 1 fully saturated rings. The van der Waals surface area contributed by atoms with E-state index < -0.39 is 5.60 Å². The first-order chi connectivity index (χ1) is 11.4. The van der Waals surface area contributed by atoms with E-state index in [4.69, 9.17) is 9.47 Å². The van der Waals surface area contributed by atoms with E-state index in [1.165, 1.54) is 11.5 Å². The summed E-state index contributed by atoms with van der Waals surface area (Å²) >= 11 is 1.45. The topological polar surface area (TPSA) is 51.7 Å². The Morgan fingerprint density at radius 3 is 2.96 bits per heavy atom. The van der Waals surface area contributed by atoms with Crippen LogP contribution in [-0.4, -0.2) is 40.7 Å². The van der Waals surface area contributed by atoms with Crippen molar-refractivity contribution in [1.82, 2.24) is 9.27 Å². The van der Waals surface area contributed by atoms with Gasteiger partial charge in [-0.25, -0.2) is 4.79 Å². The Morgan fingerprint density at radius 1 is 1.38 bits per heavy atom. The summed E-state index contributed by atoms with van der Waals surface area (Å²) in [4.78, 5) is 14.0. The molecule has 1 saturated heterocycles. The summed E-state index contributed by atoms with van der Waals surface area (Å²) < 4.78 is 16.9. The first-order valence-corrected chi connectivity index (χ1v) is 9.15. The highest BCUT2D eigenvalue weighted by atomic mass is 32.1. The van der Waals surface area contributed by atoms with Gasteiger partial charge in [0, 0.05) is 19.0 Å². The van der Waals surface area contributed by atoms with Crippen molar-refractivity contribution in [1.29, 1.82) is 0 Å². The lowest BCUT2D eigenvalue weighted by atomic mass is 9.99. The molecular weight excluding hydrogens is 324 g/mol. The van der Waals surface area contributed by atoms with Crippen molar-refractivity contribution in [3.8, 4) is 5.88 Å². The van der Waals surface area contributed by atoms with Gasteiger partial charge in [0.1, 0.15) is 5.60 Å². The van der Waals surface area contributed by atoms with E-state index in [0.717, 1.165) is 29.5 Å². The number of nitrogens with zero attached hydrogens (tertiary/aromatic N) is 2. The summed E-state index contributed by atoms with van der Waals surface area (Å²) in [5.74, 6) is 1.01. The molecule has 1 aliphatic rings. The number of fused-ring (bicyclic) bond motifs is 1. The minimum Gasteiger partial charge on any atom is -0.476 e. The third-order valence-corrected chi connectivity index (χ3v) is 4.78. The summed E-state index contributed by atoms with van der Waals surface area (Å²) in [7, 11) is 0. The van der Waals surface area contributed by atoms with E-state index in [-0.39, 0.29) is 6.09 Å². The molecule has 2 aromatic rings. The van der Waals surface area contributed by atoms with Gasteiger partial charge in [0.2, 0.25) is 5.88 Å². The van der Waals surface area contributed by atoms with Crippen LogP contribution in [0.25, 0.3) is 10.1 Å². The van der Waals surface area contributed by atoms with Crippen LogP contribution in [-0.2, 0) is 4.74 Å². The van der Waals surface area contributed by atoms with Crippen molar-refractivity contribution in [3.05, 3.63) is 24.3 Å². The summed E-state index contributed by atoms with van der Waals surface area (Å²) in [6.07, 6.45) is 1.80. The van der Waals surface area contributed by atoms with Crippen molar-refractivity contribution >= 4 is 27.7 Å². The van der Waals surface area contributed by atoms with Crippen molar-refractivity contribution in [2.45, 2.75) is 39.2 Å². The average molecular weight is 348 g/mol. The van der Waals surface area contributed by atoms with Gasteiger partial charge in [-0.05, 0) is 57.3 Å². The minimum atomic E-state index is -0.458. The summed E-state index contributed by atoms with van der Waals surface area (Å²) in [6, 6.07) is 8.07. The van der Waals surface area contributed by atoms with Crippen molar-refractivity contribution in [3.63, 3.8) is 0 Å². The zero-order chi connectivity index (χ0) is 17.2. The number of amides is 1. The van der Waals surface area contributed by atoms with E-state index >= 15 is 0 Å². The van der Waals surface area contributed by atoms with Gasteiger partial charge in [-0.15, -0.1) is 0 Å². The van der Waals surface area contributed by atoms with Gasteiger partial charge in [0.15, 0.2) is 0 Å². The molecule has 1 atom stereocenters. The molecular formula is C18H24N2O3S. The molecule has 1 aromatic heterocycles. The highest BCUT2D eigenvalue weighted by Crippen LogP contribution is 2.29. The average Bonchev–Trinajstić information content (AvgIpc) is 2.95. The molecule has 24 heavy (non-hydrogen) atoms. The molecule has 0 aliphatic carbocycles. The van der Waals surface area contributed by atoms with E-state index in [1.807, 2.05) is 45.0 Å². The van der Waals surface area contributed by atoms with Gasteiger partial charge in [-0.2, -0.15) is 4.37 Å². The van der Waals surface area contributed by atoms with Gasteiger partial charge < -0.3 is 14.4 Å². The molecule has 6 heteroatoms. The molecule has 1 aliphatic heterocycles. The van der Waals surface area contributed by atoms with Gasteiger partial charge in [0.05, 0.1) is 16.7 Å².